The lowest BCUT2D eigenvalue weighted by molar-refractivity contribution is -0.384. The number of carboxylic acids is 1. The Morgan fingerprint density at radius 2 is 2.06 bits per heavy atom. The van der Waals surface area contributed by atoms with E-state index in [9.17, 15) is 24.8 Å². The first-order valence-electron chi connectivity index (χ1n) is 9.77. The van der Waals surface area contributed by atoms with Crippen molar-refractivity contribution in [3.63, 3.8) is 0 Å². The second-order valence-electron chi connectivity index (χ2n) is 7.50. The van der Waals surface area contributed by atoms with Crippen molar-refractivity contribution in [2.24, 2.45) is 0 Å². The van der Waals surface area contributed by atoms with Gasteiger partial charge in [-0.3, -0.25) is 19.5 Å². The highest BCUT2D eigenvalue weighted by atomic mass is 32.2. The minimum atomic E-state index is -0.994. The molecule has 1 atom stereocenters. The Kier molecular flexibility index (Phi) is 5.25. The van der Waals surface area contributed by atoms with Crippen molar-refractivity contribution in [3.05, 3.63) is 61.9 Å². The summed E-state index contributed by atoms with van der Waals surface area (Å²) in [5, 5.41) is 29.4. The van der Waals surface area contributed by atoms with Crippen LogP contribution in [0.4, 0.5) is 5.69 Å². The number of nitro groups is 1. The summed E-state index contributed by atoms with van der Waals surface area (Å²) in [6.45, 7) is 0. The van der Waals surface area contributed by atoms with Gasteiger partial charge in [0.05, 0.1) is 9.95 Å². The molecule has 0 radical (unpaired) electrons. The van der Waals surface area contributed by atoms with Gasteiger partial charge in [-0.1, -0.05) is 11.8 Å². The average molecular weight is 473 g/mol. The van der Waals surface area contributed by atoms with Crippen LogP contribution in [0.15, 0.2) is 49.8 Å². The summed E-state index contributed by atoms with van der Waals surface area (Å²) >= 11 is 2.72. The third-order valence-electron chi connectivity index (χ3n) is 5.37. The molecule has 164 valence electrons. The maximum Gasteiger partial charge on any atom is 0.327 e. The van der Waals surface area contributed by atoms with Crippen molar-refractivity contribution in [1.29, 1.82) is 0 Å². The van der Waals surface area contributed by atoms with Crippen LogP contribution >= 0.6 is 23.5 Å². The number of carbonyl (C=O) groups is 1. The van der Waals surface area contributed by atoms with E-state index in [1.54, 1.807) is 12.1 Å². The largest absolute Gasteiger partial charge is 0.480 e. The molecule has 0 spiro atoms. The lowest BCUT2D eigenvalue weighted by Crippen LogP contribution is -2.29. The monoisotopic (exact) mass is 472 g/mol. The molecular formula is C20H16N4O6S2. The molecule has 10 nitrogen and oxygen atoms in total. The summed E-state index contributed by atoms with van der Waals surface area (Å²) in [5.41, 5.74) is 2.15. The molecule has 0 saturated heterocycles. The highest BCUT2D eigenvalue weighted by Crippen LogP contribution is 2.49. The van der Waals surface area contributed by atoms with E-state index in [0.717, 1.165) is 29.0 Å². The second kappa shape index (κ2) is 8.10. The lowest BCUT2D eigenvalue weighted by atomic mass is 10.1. The quantitative estimate of drug-likeness (QED) is 0.307. The van der Waals surface area contributed by atoms with Gasteiger partial charge in [-0.2, -0.15) is 0 Å². The highest BCUT2D eigenvalue weighted by molar-refractivity contribution is 7.99. The van der Waals surface area contributed by atoms with E-state index in [-0.39, 0.29) is 17.1 Å². The number of benzene rings is 1. The van der Waals surface area contributed by atoms with Crippen LogP contribution in [0.5, 0.6) is 0 Å². The third kappa shape index (κ3) is 3.79. The van der Waals surface area contributed by atoms with Crippen LogP contribution in [0.1, 0.15) is 35.9 Å². The lowest BCUT2D eigenvalue weighted by Gasteiger charge is -2.15. The van der Waals surface area contributed by atoms with E-state index in [4.69, 9.17) is 4.42 Å². The van der Waals surface area contributed by atoms with E-state index >= 15 is 0 Å². The fraction of sp³-hybridized carbons (Fsp3) is 0.300. The first kappa shape index (κ1) is 20.8. The minimum Gasteiger partial charge on any atom is -0.480 e. The number of thioether (sulfide) groups is 2. The molecule has 12 heteroatoms. The molecule has 2 aliphatic rings. The SMILES string of the molecule is O=C(O)C1CSc2c(C3CC3)c(CSc3nnc(-c4ccc([N+](=O)[O-])cc4)o3)cc(=O)n21. The predicted octanol–water partition coefficient (Wildman–Crippen LogP) is 3.71. The molecule has 0 amide bonds. The molecule has 1 aliphatic heterocycles. The van der Waals surface area contributed by atoms with Gasteiger partial charge in [0.2, 0.25) is 5.89 Å². The van der Waals surface area contributed by atoms with E-state index in [1.165, 1.54) is 46.3 Å². The van der Waals surface area contributed by atoms with Gasteiger partial charge in [-0.25, -0.2) is 4.79 Å². The topological polar surface area (TPSA) is 141 Å². The van der Waals surface area contributed by atoms with Crippen LogP contribution in [-0.4, -0.2) is 36.5 Å². The van der Waals surface area contributed by atoms with Crippen LogP contribution in [0.3, 0.4) is 0 Å². The fourth-order valence-electron chi connectivity index (χ4n) is 3.70. The van der Waals surface area contributed by atoms with Gasteiger partial charge in [-0.15, -0.1) is 22.0 Å². The Labute approximate surface area is 189 Å². The van der Waals surface area contributed by atoms with Crippen LogP contribution in [0.25, 0.3) is 11.5 Å². The molecule has 5 rings (SSSR count). The van der Waals surface area contributed by atoms with E-state index < -0.39 is 16.9 Å². The fourth-order valence-corrected chi connectivity index (χ4v) is 5.87. The minimum absolute atomic E-state index is 0.0265. The van der Waals surface area contributed by atoms with E-state index in [1.807, 2.05) is 0 Å². The van der Waals surface area contributed by atoms with Gasteiger partial charge < -0.3 is 9.52 Å². The zero-order valence-electron chi connectivity index (χ0n) is 16.5. The number of fused-ring (bicyclic) bond motifs is 1. The summed E-state index contributed by atoms with van der Waals surface area (Å²) in [7, 11) is 0. The van der Waals surface area contributed by atoms with Crippen molar-refractivity contribution in [3.8, 4) is 11.5 Å². The predicted molar refractivity (Wildman–Crippen MR) is 116 cm³/mol. The number of nitrogens with zero attached hydrogens (tertiary/aromatic N) is 4. The number of hydrogen-bond acceptors (Lipinski definition) is 9. The number of aliphatic carboxylic acids is 1. The van der Waals surface area contributed by atoms with Gasteiger partial charge in [0, 0.05) is 35.3 Å². The number of carboxylic acid groups (broad SMARTS) is 1. The maximum atomic E-state index is 12.7. The Balaban J connectivity index is 1.38. The molecule has 0 bridgehead atoms. The third-order valence-corrected chi connectivity index (χ3v) is 7.41. The zero-order chi connectivity index (χ0) is 22.4. The Morgan fingerprint density at radius 3 is 2.72 bits per heavy atom. The maximum absolute atomic E-state index is 12.7. The van der Waals surface area contributed by atoms with Crippen LogP contribution in [0.2, 0.25) is 0 Å². The zero-order valence-corrected chi connectivity index (χ0v) is 18.1. The summed E-state index contributed by atoms with van der Waals surface area (Å²) < 4.78 is 7.09. The van der Waals surface area contributed by atoms with Gasteiger partial charge >= 0.3 is 5.97 Å². The van der Waals surface area contributed by atoms with Crippen LogP contribution < -0.4 is 5.56 Å². The van der Waals surface area contributed by atoms with Crippen molar-refractivity contribution in [1.82, 2.24) is 14.8 Å². The molecule has 2 aromatic heterocycles. The van der Waals surface area contributed by atoms with Gasteiger partial charge in [0.25, 0.3) is 16.5 Å². The molecule has 1 fully saturated rings. The van der Waals surface area contributed by atoms with Gasteiger partial charge in [-0.05, 0) is 42.0 Å². The Morgan fingerprint density at radius 1 is 1.31 bits per heavy atom. The molecule has 32 heavy (non-hydrogen) atoms. The highest BCUT2D eigenvalue weighted by Gasteiger charge is 2.37. The van der Waals surface area contributed by atoms with E-state index in [0.29, 0.717) is 28.2 Å². The molecule has 1 saturated carbocycles. The van der Waals surface area contributed by atoms with Crippen LogP contribution in [-0.2, 0) is 10.5 Å². The first-order valence-corrected chi connectivity index (χ1v) is 11.7. The Bertz CT molecular complexity index is 1280. The number of nitro benzene ring substituents is 1. The molecule has 1 aromatic carbocycles. The normalized spacial score (nSPS) is 17.3. The molecular weight excluding hydrogens is 456 g/mol. The summed E-state index contributed by atoms with van der Waals surface area (Å²) in [6, 6.07) is 6.52. The second-order valence-corrected chi connectivity index (χ2v) is 9.44. The van der Waals surface area contributed by atoms with Crippen molar-refractivity contribution < 1.29 is 19.2 Å². The molecule has 1 unspecified atom stereocenters. The molecule has 3 aromatic rings. The number of hydrogen-bond donors (Lipinski definition) is 1. The average Bonchev–Trinajstić information content (AvgIpc) is 3.31. The Hall–Kier alpha value is -3.12. The van der Waals surface area contributed by atoms with Crippen molar-refractivity contribution in [2.75, 3.05) is 5.75 Å². The van der Waals surface area contributed by atoms with Crippen molar-refractivity contribution in [2.45, 2.75) is 40.8 Å². The molecule has 1 N–H and O–H groups in total. The van der Waals surface area contributed by atoms with E-state index in [2.05, 4.69) is 10.2 Å². The number of non-ortho nitro benzene ring substituents is 1. The summed E-state index contributed by atoms with van der Waals surface area (Å²) in [4.78, 5) is 34.6. The van der Waals surface area contributed by atoms with Gasteiger partial charge in [0.1, 0.15) is 6.04 Å². The summed E-state index contributed by atoms with van der Waals surface area (Å²) in [6.07, 6.45) is 2.04. The van der Waals surface area contributed by atoms with Crippen molar-refractivity contribution >= 4 is 35.2 Å². The summed E-state index contributed by atoms with van der Waals surface area (Å²) in [5.74, 6) is 0.384. The standard InChI is InChI=1S/C20H16N4O6S2/c25-15-7-12(16(10-1-2-10)18-23(15)14(9-31-18)19(26)27)8-32-20-22-21-17(30-20)11-3-5-13(6-4-11)24(28)29/h3-7,10,14H,1-2,8-9H2,(H,26,27). The molecule has 1 aliphatic carbocycles. The van der Waals surface area contributed by atoms with Crippen LogP contribution in [0, 0.1) is 10.1 Å². The van der Waals surface area contributed by atoms with Gasteiger partial charge in [0.15, 0.2) is 0 Å². The number of aromatic nitrogens is 3. The number of rotatable bonds is 7. The molecule has 3 heterocycles. The first-order chi connectivity index (χ1) is 15.4. The smallest absolute Gasteiger partial charge is 0.327 e. The number of pyridine rings is 1.